The number of rotatable bonds is 8. The van der Waals surface area contributed by atoms with Gasteiger partial charge in [0.1, 0.15) is 0 Å². The summed E-state index contributed by atoms with van der Waals surface area (Å²) in [6, 6.07) is 61.7. The van der Waals surface area contributed by atoms with Crippen LogP contribution in [0.4, 0.5) is 11.4 Å². The first-order chi connectivity index (χ1) is 24.3. The van der Waals surface area contributed by atoms with Crippen molar-refractivity contribution in [2.75, 3.05) is 11.4 Å². The molecule has 0 fully saturated rings. The Balaban J connectivity index is 1.15. The molecule has 7 aromatic carbocycles. The SMILES string of the molecule is CCN(c1ccccc1)c1ccc(C2=c3ccccc3=C(c3ccc(C=Cc4ccc(-c5ccccc5)cc4)c4ccccc34)CC2)cc1. The van der Waals surface area contributed by atoms with Crippen molar-refractivity contribution >= 4 is 45.4 Å². The Hall–Kier alpha value is -5.92. The van der Waals surface area contributed by atoms with Gasteiger partial charge in [0.2, 0.25) is 0 Å². The van der Waals surface area contributed by atoms with Crippen LogP contribution in [0, 0.1) is 0 Å². The number of fused-ring (bicyclic) bond motifs is 2. The second-order valence-corrected chi connectivity index (χ2v) is 12.7. The molecule has 0 unspecified atom stereocenters. The number of hydrogen-bond donors (Lipinski definition) is 0. The molecule has 0 bridgehead atoms. The lowest BCUT2D eigenvalue weighted by Gasteiger charge is -2.24. The molecule has 0 saturated carbocycles. The van der Waals surface area contributed by atoms with E-state index in [-0.39, 0.29) is 0 Å². The zero-order valence-corrected chi connectivity index (χ0v) is 27.9. The van der Waals surface area contributed by atoms with Crippen LogP contribution in [0.2, 0.25) is 0 Å². The molecule has 236 valence electrons. The molecule has 1 aliphatic carbocycles. The van der Waals surface area contributed by atoms with Crippen LogP contribution >= 0.6 is 0 Å². The lowest BCUT2D eigenvalue weighted by atomic mass is 9.84. The molecule has 0 N–H and O–H groups in total. The van der Waals surface area contributed by atoms with Crippen LogP contribution in [0.25, 0.3) is 45.2 Å². The average Bonchev–Trinajstić information content (AvgIpc) is 3.18. The van der Waals surface area contributed by atoms with Gasteiger partial charge in [0.25, 0.3) is 0 Å². The van der Waals surface area contributed by atoms with Gasteiger partial charge >= 0.3 is 0 Å². The third-order valence-electron chi connectivity index (χ3n) is 9.87. The minimum Gasteiger partial charge on any atom is -0.342 e. The molecule has 0 aliphatic heterocycles. The fourth-order valence-electron chi connectivity index (χ4n) is 7.41. The summed E-state index contributed by atoms with van der Waals surface area (Å²) in [7, 11) is 0. The number of anilines is 2. The maximum atomic E-state index is 2.36. The molecule has 0 saturated heterocycles. The molecule has 0 amide bonds. The van der Waals surface area contributed by atoms with E-state index in [2.05, 4.69) is 194 Å². The second-order valence-electron chi connectivity index (χ2n) is 12.7. The fourth-order valence-corrected chi connectivity index (χ4v) is 7.41. The van der Waals surface area contributed by atoms with Gasteiger partial charge in [0.15, 0.2) is 0 Å². The highest BCUT2D eigenvalue weighted by Gasteiger charge is 2.17. The zero-order chi connectivity index (χ0) is 33.0. The summed E-state index contributed by atoms with van der Waals surface area (Å²) in [5, 5.41) is 5.28. The highest BCUT2D eigenvalue weighted by Crippen LogP contribution is 2.34. The molecule has 8 rings (SSSR count). The minimum atomic E-state index is 0.922. The van der Waals surface area contributed by atoms with Gasteiger partial charge < -0.3 is 4.90 Å². The van der Waals surface area contributed by atoms with Crippen LogP contribution in [-0.2, 0) is 0 Å². The number of benzene rings is 7. The van der Waals surface area contributed by atoms with E-state index in [1.54, 1.807) is 0 Å². The van der Waals surface area contributed by atoms with E-state index in [4.69, 9.17) is 0 Å². The van der Waals surface area contributed by atoms with Gasteiger partial charge in [-0.15, -0.1) is 0 Å². The maximum absolute atomic E-state index is 2.36. The lowest BCUT2D eigenvalue weighted by Crippen LogP contribution is -2.32. The van der Waals surface area contributed by atoms with Gasteiger partial charge in [-0.25, -0.2) is 0 Å². The predicted molar refractivity (Wildman–Crippen MR) is 210 cm³/mol. The van der Waals surface area contributed by atoms with Crippen molar-refractivity contribution in [2.24, 2.45) is 0 Å². The van der Waals surface area contributed by atoms with E-state index >= 15 is 0 Å². The van der Waals surface area contributed by atoms with Gasteiger partial charge in [0, 0.05) is 17.9 Å². The first kappa shape index (κ1) is 30.4. The summed E-state index contributed by atoms with van der Waals surface area (Å²) in [4.78, 5) is 2.36. The van der Waals surface area contributed by atoms with E-state index < -0.39 is 0 Å². The molecule has 0 heterocycles. The molecular formula is C48H39N. The van der Waals surface area contributed by atoms with E-state index in [9.17, 15) is 0 Å². The quantitative estimate of drug-likeness (QED) is 0.151. The highest BCUT2D eigenvalue weighted by molar-refractivity contribution is 6.00. The molecule has 1 heteroatoms. The molecular weight excluding hydrogens is 591 g/mol. The van der Waals surface area contributed by atoms with Crippen LogP contribution in [0.1, 0.15) is 42.0 Å². The topological polar surface area (TPSA) is 3.24 Å². The summed E-state index contributed by atoms with van der Waals surface area (Å²) in [6.07, 6.45) is 6.50. The summed E-state index contributed by atoms with van der Waals surface area (Å²) in [6.45, 7) is 3.13. The standard InChI is InChI=1S/C48H39N/c1-2-49(40-15-7-4-8-16-40)41-30-27-39(28-31-41)43-33-34-48(46-20-12-11-19-45(43)46)47-32-29-38(42-17-9-10-18-44(42)47)26-23-35-21-24-37(25-22-35)36-13-5-3-6-14-36/h3-32H,2,33-34H2,1H3. The number of nitrogens with zero attached hydrogens (tertiary/aromatic N) is 1. The van der Waals surface area contributed by atoms with Gasteiger partial charge in [-0.3, -0.25) is 0 Å². The van der Waals surface area contributed by atoms with Crippen molar-refractivity contribution in [3.8, 4) is 11.1 Å². The van der Waals surface area contributed by atoms with Gasteiger partial charge in [-0.05, 0) is 110 Å². The molecule has 1 nitrogen and oxygen atoms in total. The fraction of sp³-hybridized carbons (Fsp3) is 0.0833. The van der Waals surface area contributed by atoms with E-state index in [1.807, 2.05) is 0 Å². The van der Waals surface area contributed by atoms with Crippen LogP contribution in [-0.4, -0.2) is 6.54 Å². The molecule has 0 aromatic heterocycles. The van der Waals surface area contributed by atoms with Crippen molar-refractivity contribution in [1.82, 2.24) is 0 Å². The predicted octanol–water partition coefficient (Wildman–Crippen LogP) is 11.0. The first-order valence-corrected chi connectivity index (χ1v) is 17.4. The summed E-state index contributed by atoms with van der Waals surface area (Å²) >= 11 is 0. The normalized spacial score (nSPS) is 12.8. The Kier molecular flexibility index (Phi) is 8.48. The Labute approximate surface area is 289 Å². The van der Waals surface area contributed by atoms with Crippen molar-refractivity contribution in [2.45, 2.75) is 19.8 Å². The van der Waals surface area contributed by atoms with Crippen molar-refractivity contribution in [3.63, 3.8) is 0 Å². The Morgan fingerprint density at radius 2 is 1.00 bits per heavy atom. The smallest absolute Gasteiger partial charge is 0.0411 e. The average molecular weight is 630 g/mol. The van der Waals surface area contributed by atoms with Crippen LogP contribution in [0.15, 0.2) is 170 Å². The summed E-state index contributed by atoms with van der Waals surface area (Å²) < 4.78 is 0. The Morgan fingerprint density at radius 1 is 0.449 bits per heavy atom. The van der Waals surface area contributed by atoms with E-state index in [1.165, 1.54) is 77.1 Å². The van der Waals surface area contributed by atoms with Crippen molar-refractivity contribution in [1.29, 1.82) is 0 Å². The summed E-state index contributed by atoms with van der Waals surface area (Å²) in [5.41, 5.74) is 12.9. The van der Waals surface area contributed by atoms with Gasteiger partial charge in [-0.1, -0.05) is 158 Å². The molecule has 7 aromatic rings. The van der Waals surface area contributed by atoms with Crippen LogP contribution in [0.3, 0.4) is 0 Å². The molecule has 1 aliphatic rings. The summed E-state index contributed by atoms with van der Waals surface area (Å²) in [5.74, 6) is 0. The first-order valence-electron chi connectivity index (χ1n) is 17.4. The zero-order valence-electron chi connectivity index (χ0n) is 27.9. The Morgan fingerprint density at radius 3 is 1.71 bits per heavy atom. The third kappa shape index (κ3) is 6.12. The van der Waals surface area contributed by atoms with E-state index in [0.717, 1.165) is 19.4 Å². The largest absolute Gasteiger partial charge is 0.342 e. The van der Waals surface area contributed by atoms with Crippen molar-refractivity contribution < 1.29 is 0 Å². The van der Waals surface area contributed by atoms with E-state index in [0.29, 0.717) is 0 Å². The highest BCUT2D eigenvalue weighted by atomic mass is 15.1. The number of para-hydroxylation sites is 1. The maximum Gasteiger partial charge on any atom is 0.0411 e. The van der Waals surface area contributed by atoms with Gasteiger partial charge in [0.05, 0.1) is 0 Å². The van der Waals surface area contributed by atoms with Gasteiger partial charge in [-0.2, -0.15) is 0 Å². The van der Waals surface area contributed by atoms with Crippen LogP contribution < -0.4 is 15.3 Å². The third-order valence-corrected chi connectivity index (χ3v) is 9.87. The lowest BCUT2D eigenvalue weighted by molar-refractivity contribution is 1.02. The minimum absolute atomic E-state index is 0.922. The number of hydrogen-bond acceptors (Lipinski definition) is 1. The second kappa shape index (κ2) is 13.7. The monoisotopic (exact) mass is 629 g/mol. The van der Waals surface area contributed by atoms with Crippen molar-refractivity contribution in [3.05, 3.63) is 203 Å². The molecule has 0 atom stereocenters. The Bertz CT molecular complexity index is 2380. The molecule has 0 spiro atoms. The molecule has 0 radical (unpaired) electrons. The molecule has 49 heavy (non-hydrogen) atoms. The van der Waals surface area contributed by atoms with Crippen LogP contribution in [0.5, 0.6) is 0 Å².